The second-order valence-corrected chi connectivity index (χ2v) is 7.63. The van der Waals surface area contributed by atoms with Gasteiger partial charge in [-0.25, -0.2) is 4.79 Å². The number of carboxylic acids is 1. The Morgan fingerprint density at radius 1 is 1.17 bits per heavy atom. The molecule has 7 nitrogen and oxygen atoms in total. The van der Waals surface area contributed by atoms with Gasteiger partial charge in [0, 0.05) is 24.2 Å². The molecule has 2 heterocycles. The zero-order valence-electron chi connectivity index (χ0n) is 16.1. The summed E-state index contributed by atoms with van der Waals surface area (Å²) in [7, 11) is 0. The van der Waals surface area contributed by atoms with Crippen LogP contribution in [-0.4, -0.2) is 46.0 Å². The molecule has 4 rings (SSSR count). The first-order chi connectivity index (χ1) is 13.9. The van der Waals surface area contributed by atoms with Crippen LogP contribution in [-0.2, 0) is 16.0 Å². The number of likely N-dealkylation sites (tertiary alicyclic amines) is 1. The quantitative estimate of drug-likeness (QED) is 0.831. The minimum Gasteiger partial charge on any atom is -0.480 e. The van der Waals surface area contributed by atoms with Crippen molar-refractivity contribution in [2.45, 2.75) is 37.8 Å². The lowest BCUT2D eigenvalue weighted by atomic mass is 9.98. The summed E-state index contributed by atoms with van der Waals surface area (Å²) in [5.41, 5.74) is 0.586. The zero-order chi connectivity index (χ0) is 20.6. The van der Waals surface area contributed by atoms with Crippen molar-refractivity contribution in [2.24, 2.45) is 0 Å². The van der Waals surface area contributed by atoms with Crippen molar-refractivity contribution in [3.05, 3.63) is 59.7 Å². The topological polar surface area (TPSA) is 95.9 Å². The van der Waals surface area contributed by atoms with E-state index in [2.05, 4.69) is 5.32 Å². The Morgan fingerprint density at radius 2 is 1.97 bits per heavy atom. The number of hydrogen-bond donors (Lipinski definition) is 2. The molecule has 2 N–H and O–H groups in total. The molecule has 0 saturated carbocycles. The number of para-hydroxylation sites is 1. The number of rotatable bonds is 4. The number of carbonyl (C=O) groups is 3. The third-order valence-corrected chi connectivity index (χ3v) is 5.66. The highest BCUT2D eigenvalue weighted by atomic mass is 16.5. The van der Waals surface area contributed by atoms with Crippen LogP contribution < -0.4 is 10.1 Å². The first kappa shape index (κ1) is 19.0. The zero-order valence-corrected chi connectivity index (χ0v) is 16.1. The van der Waals surface area contributed by atoms with Crippen molar-refractivity contribution in [3.8, 4) is 5.75 Å². The van der Waals surface area contributed by atoms with Gasteiger partial charge in [-0.1, -0.05) is 24.3 Å². The molecule has 150 valence electrons. The van der Waals surface area contributed by atoms with Crippen LogP contribution in [0.5, 0.6) is 5.75 Å². The largest absolute Gasteiger partial charge is 0.480 e. The Labute approximate surface area is 168 Å². The number of anilines is 1. The monoisotopic (exact) mass is 394 g/mol. The smallest absolute Gasteiger partial charge is 0.329 e. The van der Waals surface area contributed by atoms with Crippen molar-refractivity contribution in [1.82, 2.24) is 4.90 Å². The van der Waals surface area contributed by atoms with E-state index in [0.29, 0.717) is 42.8 Å². The molecule has 2 unspecified atom stereocenters. The molecule has 2 amide bonds. The number of nitrogens with zero attached hydrogens (tertiary/aromatic N) is 1. The van der Waals surface area contributed by atoms with Crippen LogP contribution >= 0.6 is 0 Å². The third kappa shape index (κ3) is 3.44. The average Bonchev–Trinajstić information content (AvgIpc) is 3.32. The van der Waals surface area contributed by atoms with E-state index in [-0.39, 0.29) is 11.8 Å². The van der Waals surface area contributed by atoms with Gasteiger partial charge in [0.1, 0.15) is 11.3 Å². The SMILES string of the molecule is CC1(C(=O)O)CCCN1C(=O)c1cccc(NC(=O)C2Cc3ccccc3O2)c1. The Morgan fingerprint density at radius 3 is 2.72 bits per heavy atom. The normalized spacial score (nSPS) is 22.7. The van der Waals surface area contributed by atoms with E-state index in [1.54, 1.807) is 31.2 Å². The van der Waals surface area contributed by atoms with Crippen molar-refractivity contribution >= 4 is 23.5 Å². The highest BCUT2D eigenvalue weighted by Crippen LogP contribution is 2.31. The van der Waals surface area contributed by atoms with Gasteiger partial charge in [-0.2, -0.15) is 0 Å². The van der Waals surface area contributed by atoms with Crippen molar-refractivity contribution in [2.75, 3.05) is 11.9 Å². The maximum Gasteiger partial charge on any atom is 0.329 e. The minimum absolute atomic E-state index is 0.289. The fraction of sp³-hybridized carbons (Fsp3) is 0.318. The van der Waals surface area contributed by atoms with E-state index in [4.69, 9.17) is 4.74 Å². The molecule has 0 radical (unpaired) electrons. The summed E-state index contributed by atoms with van der Waals surface area (Å²) in [5, 5.41) is 12.3. The van der Waals surface area contributed by atoms with Gasteiger partial charge in [0.15, 0.2) is 6.10 Å². The summed E-state index contributed by atoms with van der Waals surface area (Å²) in [4.78, 5) is 38.6. The van der Waals surface area contributed by atoms with Crippen LogP contribution in [0.3, 0.4) is 0 Å². The van der Waals surface area contributed by atoms with Crippen LogP contribution in [0.2, 0.25) is 0 Å². The van der Waals surface area contributed by atoms with Gasteiger partial charge in [-0.15, -0.1) is 0 Å². The molecule has 1 fully saturated rings. The molecule has 7 heteroatoms. The van der Waals surface area contributed by atoms with Gasteiger partial charge in [0.05, 0.1) is 0 Å². The number of hydrogen-bond acceptors (Lipinski definition) is 4. The summed E-state index contributed by atoms with van der Waals surface area (Å²) in [6.45, 7) is 1.97. The summed E-state index contributed by atoms with van der Waals surface area (Å²) >= 11 is 0. The average molecular weight is 394 g/mol. The Balaban J connectivity index is 1.47. The number of amides is 2. The standard InChI is InChI=1S/C22H22N2O5/c1-22(21(27)28)10-5-11-24(22)20(26)15-7-4-8-16(12-15)23-19(25)18-13-14-6-2-3-9-17(14)29-18/h2-4,6-9,12,18H,5,10-11,13H2,1H3,(H,23,25)(H,27,28). The molecule has 2 atom stereocenters. The van der Waals surface area contributed by atoms with Crippen LogP contribution in [0, 0.1) is 0 Å². The number of carbonyl (C=O) groups excluding carboxylic acids is 2. The summed E-state index contributed by atoms with van der Waals surface area (Å²) in [6, 6.07) is 14.1. The van der Waals surface area contributed by atoms with E-state index >= 15 is 0 Å². The predicted molar refractivity (Wildman–Crippen MR) is 106 cm³/mol. The molecular weight excluding hydrogens is 372 g/mol. The lowest BCUT2D eigenvalue weighted by Gasteiger charge is -2.31. The van der Waals surface area contributed by atoms with Gasteiger partial charge < -0.3 is 20.1 Å². The van der Waals surface area contributed by atoms with Crippen LogP contribution in [0.15, 0.2) is 48.5 Å². The maximum absolute atomic E-state index is 12.9. The van der Waals surface area contributed by atoms with Gasteiger partial charge >= 0.3 is 5.97 Å². The lowest BCUT2D eigenvalue weighted by molar-refractivity contribution is -0.147. The molecule has 2 aliphatic rings. The molecule has 1 saturated heterocycles. The molecular formula is C22H22N2O5. The summed E-state index contributed by atoms with van der Waals surface area (Å²) in [6.07, 6.45) is 0.931. The first-order valence-corrected chi connectivity index (χ1v) is 9.59. The number of fused-ring (bicyclic) bond motifs is 1. The van der Waals surface area contributed by atoms with Crippen molar-refractivity contribution in [1.29, 1.82) is 0 Å². The number of benzene rings is 2. The number of aliphatic carboxylic acids is 1. The molecule has 0 aliphatic carbocycles. The fourth-order valence-corrected chi connectivity index (χ4v) is 3.95. The number of ether oxygens (including phenoxy) is 1. The molecule has 29 heavy (non-hydrogen) atoms. The highest BCUT2D eigenvalue weighted by Gasteiger charge is 2.46. The van der Waals surface area contributed by atoms with Crippen LogP contribution in [0.25, 0.3) is 0 Å². The first-order valence-electron chi connectivity index (χ1n) is 9.59. The molecule has 2 aromatic rings. The van der Waals surface area contributed by atoms with Gasteiger partial charge in [-0.3, -0.25) is 9.59 Å². The van der Waals surface area contributed by atoms with Gasteiger partial charge in [0.2, 0.25) is 0 Å². The van der Waals surface area contributed by atoms with Gasteiger partial charge in [-0.05, 0) is 49.6 Å². The van der Waals surface area contributed by atoms with Crippen LogP contribution in [0.1, 0.15) is 35.7 Å². The Hall–Kier alpha value is -3.35. The Kier molecular flexibility index (Phi) is 4.74. The van der Waals surface area contributed by atoms with E-state index < -0.39 is 17.6 Å². The highest BCUT2D eigenvalue weighted by molar-refractivity contribution is 6.00. The van der Waals surface area contributed by atoms with Crippen LogP contribution in [0.4, 0.5) is 5.69 Å². The van der Waals surface area contributed by atoms with Crippen molar-refractivity contribution in [3.63, 3.8) is 0 Å². The molecule has 2 aromatic carbocycles. The van der Waals surface area contributed by atoms with E-state index in [0.717, 1.165) is 5.56 Å². The number of carboxylic acid groups (broad SMARTS) is 1. The van der Waals surface area contributed by atoms with E-state index in [1.165, 1.54) is 4.90 Å². The second-order valence-electron chi connectivity index (χ2n) is 7.63. The Bertz CT molecular complexity index is 964. The van der Waals surface area contributed by atoms with Gasteiger partial charge in [0.25, 0.3) is 11.8 Å². The second kappa shape index (κ2) is 7.24. The maximum atomic E-state index is 12.9. The number of nitrogens with one attached hydrogen (secondary N) is 1. The summed E-state index contributed by atoms with van der Waals surface area (Å²) < 4.78 is 5.70. The predicted octanol–water partition coefficient (Wildman–Crippen LogP) is 2.71. The molecule has 0 bridgehead atoms. The van der Waals surface area contributed by atoms with Crippen molar-refractivity contribution < 1.29 is 24.2 Å². The third-order valence-electron chi connectivity index (χ3n) is 5.66. The fourth-order valence-electron chi connectivity index (χ4n) is 3.95. The molecule has 0 aromatic heterocycles. The van der Waals surface area contributed by atoms with E-state index in [9.17, 15) is 19.5 Å². The summed E-state index contributed by atoms with van der Waals surface area (Å²) in [5.74, 6) is -0.945. The molecule has 0 spiro atoms. The molecule has 2 aliphatic heterocycles. The van der Waals surface area contributed by atoms with E-state index in [1.807, 2.05) is 24.3 Å². The lowest BCUT2D eigenvalue weighted by Crippen LogP contribution is -2.50. The minimum atomic E-state index is -1.21.